The topological polar surface area (TPSA) is 66.0 Å². The summed E-state index contributed by atoms with van der Waals surface area (Å²) in [5.74, 6) is 0.0617. The van der Waals surface area contributed by atoms with Gasteiger partial charge in [0.05, 0.1) is 46.2 Å². The Balaban J connectivity index is 3.12. The molecule has 1 amide bonds. The van der Waals surface area contributed by atoms with Crippen molar-refractivity contribution in [2.24, 2.45) is 11.3 Å². The molecule has 6 heteroatoms. The van der Waals surface area contributed by atoms with Crippen LogP contribution >= 0.6 is 0 Å². The molecule has 0 aromatic heterocycles. The van der Waals surface area contributed by atoms with E-state index in [1.807, 2.05) is 13.8 Å². The van der Waals surface area contributed by atoms with Crippen molar-refractivity contribution in [1.82, 2.24) is 5.32 Å². The van der Waals surface area contributed by atoms with Crippen LogP contribution in [0.1, 0.15) is 41.0 Å². The monoisotopic (exact) mass is 347 g/mol. The maximum atomic E-state index is 11.3. The van der Waals surface area contributed by atoms with Gasteiger partial charge in [0.25, 0.3) is 0 Å². The van der Waals surface area contributed by atoms with Crippen molar-refractivity contribution >= 4 is 5.91 Å². The zero-order valence-electron chi connectivity index (χ0n) is 16.2. The summed E-state index contributed by atoms with van der Waals surface area (Å²) in [4.78, 5) is 11.3. The minimum Gasteiger partial charge on any atom is -0.379 e. The molecule has 0 radical (unpaired) electrons. The summed E-state index contributed by atoms with van der Waals surface area (Å²) in [6.07, 6.45) is 1.05. The maximum absolute atomic E-state index is 11.3. The third kappa shape index (κ3) is 17.7. The molecule has 0 aromatic rings. The number of carbonyl (C=O) groups is 1. The van der Waals surface area contributed by atoms with E-state index in [1.165, 1.54) is 0 Å². The number of nitrogens with one attached hydrogen (secondary N) is 1. The summed E-state index contributed by atoms with van der Waals surface area (Å²) in [5, 5.41) is 2.79. The number of carbonyl (C=O) groups excluding carboxylic acids is 1. The Labute approximate surface area is 147 Å². The molecule has 6 nitrogen and oxygen atoms in total. The zero-order valence-corrected chi connectivity index (χ0v) is 16.2. The molecule has 0 unspecified atom stereocenters. The predicted molar refractivity (Wildman–Crippen MR) is 95.2 cm³/mol. The normalized spacial score (nSPS) is 11.9. The first-order valence-electron chi connectivity index (χ1n) is 8.91. The van der Waals surface area contributed by atoms with Crippen molar-refractivity contribution in [1.29, 1.82) is 0 Å². The molecule has 0 aromatic carbocycles. The molecule has 0 bridgehead atoms. The highest BCUT2D eigenvalue weighted by atomic mass is 16.6. The lowest BCUT2D eigenvalue weighted by molar-refractivity contribution is -0.124. The fraction of sp³-hybridized carbons (Fsp3) is 0.944. The number of hydrogen-bond acceptors (Lipinski definition) is 5. The lowest BCUT2D eigenvalue weighted by atomic mass is 9.93. The highest BCUT2D eigenvalue weighted by Gasteiger charge is 2.08. The van der Waals surface area contributed by atoms with Gasteiger partial charge in [0.15, 0.2) is 0 Å². The van der Waals surface area contributed by atoms with E-state index >= 15 is 0 Å². The minimum atomic E-state index is 0.0113. The average molecular weight is 347 g/mol. The van der Waals surface area contributed by atoms with E-state index in [0.717, 1.165) is 13.0 Å². The fourth-order valence-corrected chi connectivity index (χ4v) is 1.59. The van der Waals surface area contributed by atoms with Crippen LogP contribution in [-0.2, 0) is 23.7 Å². The van der Waals surface area contributed by atoms with Crippen LogP contribution in [0.25, 0.3) is 0 Å². The molecule has 0 fully saturated rings. The molecule has 0 aliphatic rings. The lowest BCUT2D eigenvalue weighted by Crippen LogP contribution is -2.31. The number of rotatable bonds is 15. The van der Waals surface area contributed by atoms with Gasteiger partial charge in [0.1, 0.15) is 0 Å². The highest BCUT2D eigenvalue weighted by Crippen LogP contribution is 2.17. The molecule has 0 atom stereocenters. The quantitative estimate of drug-likeness (QED) is 0.460. The second kappa shape index (κ2) is 14.6. The van der Waals surface area contributed by atoms with Crippen LogP contribution in [-0.4, -0.2) is 65.3 Å². The molecule has 0 aliphatic heterocycles. The van der Waals surface area contributed by atoms with Crippen LogP contribution in [0.4, 0.5) is 0 Å². The van der Waals surface area contributed by atoms with Crippen LogP contribution in [0.15, 0.2) is 0 Å². The maximum Gasteiger partial charge on any atom is 0.222 e. The van der Waals surface area contributed by atoms with Gasteiger partial charge in [-0.3, -0.25) is 4.79 Å². The average Bonchev–Trinajstić information content (AvgIpc) is 2.49. The van der Waals surface area contributed by atoms with Crippen molar-refractivity contribution in [3.8, 4) is 0 Å². The van der Waals surface area contributed by atoms with Gasteiger partial charge in [-0.05, 0) is 11.8 Å². The molecule has 0 saturated carbocycles. The first-order valence-corrected chi connectivity index (χ1v) is 8.91. The first kappa shape index (κ1) is 23.3. The van der Waals surface area contributed by atoms with Crippen LogP contribution in [0.5, 0.6) is 0 Å². The first-order chi connectivity index (χ1) is 11.3. The minimum absolute atomic E-state index is 0.0113. The van der Waals surface area contributed by atoms with Crippen LogP contribution < -0.4 is 5.32 Å². The number of amides is 1. The number of hydrogen-bond donors (Lipinski definition) is 1. The molecule has 24 heavy (non-hydrogen) atoms. The molecular formula is C18H37NO5. The Hall–Kier alpha value is -0.690. The second-order valence-electron chi connectivity index (χ2n) is 7.21. The van der Waals surface area contributed by atoms with Crippen LogP contribution in [0.3, 0.4) is 0 Å². The summed E-state index contributed by atoms with van der Waals surface area (Å²) in [6, 6.07) is 0. The standard InChI is InChI=1S/C18H37NO5/c1-16(2)17(20)19-7-9-22-11-13-24-15-14-23-12-10-21-8-6-18(3,4)5/h16H,6-15H2,1-5H3,(H,19,20). The Morgan fingerprint density at radius 3 is 1.62 bits per heavy atom. The second-order valence-corrected chi connectivity index (χ2v) is 7.21. The Bertz CT molecular complexity index is 302. The number of ether oxygens (including phenoxy) is 4. The van der Waals surface area contributed by atoms with Gasteiger partial charge < -0.3 is 24.3 Å². The fourth-order valence-electron chi connectivity index (χ4n) is 1.59. The summed E-state index contributed by atoms with van der Waals surface area (Å²) < 4.78 is 21.7. The van der Waals surface area contributed by atoms with E-state index in [-0.39, 0.29) is 11.8 Å². The van der Waals surface area contributed by atoms with Crippen LogP contribution in [0.2, 0.25) is 0 Å². The van der Waals surface area contributed by atoms with Crippen molar-refractivity contribution in [2.45, 2.75) is 41.0 Å². The molecular weight excluding hydrogens is 310 g/mol. The van der Waals surface area contributed by atoms with Gasteiger partial charge in [0.2, 0.25) is 5.91 Å². The van der Waals surface area contributed by atoms with E-state index < -0.39 is 0 Å². The Kier molecular flexibility index (Phi) is 14.2. The largest absolute Gasteiger partial charge is 0.379 e. The van der Waals surface area contributed by atoms with Gasteiger partial charge in [-0.1, -0.05) is 34.6 Å². The Morgan fingerprint density at radius 1 is 0.792 bits per heavy atom. The van der Waals surface area contributed by atoms with E-state index in [1.54, 1.807) is 0 Å². The summed E-state index contributed by atoms with van der Waals surface area (Å²) >= 11 is 0. The highest BCUT2D eigenvalue weighted by molar-refractivity contribution is 5.77. The van der Waals surface area contributed by atoms with Crippen molar-refractivity contribution in [3.05, 3.63) is 0 Å². The third-order valence-corrected chi connectivity index (χ3v) is 3.18. The van der Waals surface area contributed by atoms with E-state index in [9.17, 15) is 4.79 Å². The van der Waals surface area contributed by atoms with Crippen molar-refractivity contribution in [2.75, 3.05) is 59.4 Å². The van der Waals surface area contributed by atoms with E-state index in [2.05, 4.69) is 26.1 Å². The predicted octanol–water partition coefficient (Wildman–Crippen LogP) is 2.26. The Morgan fingerprint density at radius 2 is 1.21 bits per heavy atom. The van der Waals surface area contributed by atoms with Crippen molar-refractivity contribution in [3.63, 3.8) is 0 Å². The van der Waals surface area contributed by atoms with Gasteiger partial charge in [-0.25, -0.2) is 0 Å². The summed E-state index contributed by atoms with van der Waals surface area (Å²) in [5.41, 5.74) is 0.316. The molecule has 0 aliphatic carbocycles. The molecule has 0 saturated heterocycles. The van der Waals surface area contributed by atoms with Crippen molar-refractivity contribution < 1.29 is 23.7 Å². The van der Waals surface area contributed by atoms with Gasteiger partial charge >= 0.3 is 0 Å². The van der Waals surface area contributed by atoms with E-state index in [4.69, 9.17) is 18.9 Å². The summed E-state index contributed by atoms with van der Waals surface area (Å²) in [6.45, 7) is 15.5. The smallest absolute Gasteiger partial charge is 0.222 e. The molecule has 0 spiro atoms. The van der Waals surface area contributed by atoms with Gasteiger partial charge in [0, 0.05) is 19.1 Å². The molecule has 1 N–H and O–H groups in total. The molecule has 144 valence electrons. The SMILES string of the molecule is CC(C)C(=O)NCCOCCOCCOCCOCCC(C)(C)C. The molecule has 0 rings (SSSR count). The van der Waals surface area contributed by atoms with Gasteiger partial charge in [-0.2, -0.15) is 0 Å². The molecule has 0 heterocycles. The third-order valence-electron chi connectivity index (χ3n) is 3.18. The van der Waals surface area contributed by atoms with Crippen LogP contribution in [0, 0.1) is 11.3 Å². The van der Waals surface area contributed by atoms with E-state index in [0.29, 0.717) is 58.2 Å². The zero-order chi connectivity index (χ0) is 18.3. The van der Waals surface area contributed by atoms with Gasteiger partial charge in [-0.15, -0.1) is 0 Å². The summed E-state index contributed by atoms with van der Waals surface area (Å²) in [7, 11) is 0. The lowest BCUT2D eigenvalue weighted by Gasteiger charge is -2.17.